The highest BCUT2D eigenvalue weighted by Crippen LogP contribution is 2.34. The molecule has 2 aliphatic carbocycles. The van der Waals surface area contributed by atoms with Gasteiger partial charge in [-0.25, -0.2) is 0 Å². The van der Waals surface area contributed by atoms with Crippen molar-refractivity contribution in [3.63, 3.8) is 0 Å². The van der Waals surface area contributed by atoms with Crippen molar-refractivity contribution < 1.29 is 10.2 Å². The van der Waals surface area contributed by atoms with Crippen LogP contribution >= 0.6 is 0 Å². The normalized spacial score (nSPS) is 32.5. The quantitative estimate of drug-likeness (QED) is 0.746. The van der Waals surface area contributed by atoms with E-state index in [-0.39, 0.29) is 12.7 Å². The lowest BCUT2D eigenvalue weighted by atomic mass is 9.77. The molecule has 3 nitrogen and oxygen atoms in total. The van der Waals surface area contributed by atoms with E-state index in [0.29, 0.717) is 5.92 Å². The highest BCUT2D eigenvalue weighted by atomic mass is 16.3. The molecule has 2 aliphatic rings. The zero-order valence-electron chi connectivity index (χ0n) is 12.4. The van der Waals surface area contributed by atoms with Crippen LogP contribution in [-0.2, 0) is 0 Å². The molecule has 0 bridgehead atoms. The minimum Gasteiger partial charge on any atom is -0.396 e. The Hall–Kier alpha value is -0.120. The number of rotatable bonds is 7. The van der Waals surface area contributed by atoms with Crippen molar-refractivity contribution in [1.82, 2.24) is 4.90 Å². The molecule has 0 aromatic carbocycles. The second-order valence-electron chi connectivity index (χ2n) is 6.57. The van der Waals surface area contributed by atoms with E-state index in [1.807, 2.05) is 0 Å². The molecule has 0 aliphatic heterocycles. The van der Waals surface area contributed by atoms with Gasteiger partial charge in [-0.3, -0.25) is 4.90 Å². The van der Waals surface area contributed by atoms with Gasteiger partial charge < -0.3 is 10.2 Å². The lowest BCUT2D eigenvalue weighted by molar-refractivity contribution is 0.00663. The van der Waals surface area contributed by atoms with Gasteiger partial charge in [-0.15, -0.1) is 0 Å². The van der Waals surface area contributed by atoms with Crippen molar-refractivity contribution in [2.45, 2.75) is 70.4 Å². The first-order chi connectivity index (χ1) is 9.24. The summed E-state index contributed by atoms with van der Waals surface area (Å²) in [5, 5.41) is 19.3. The van der Waals surface area contributed by atoms with E-state index in [2.05, 4.69) is 11.8 Å². The van der Waals surface area contributed by atoms with Crippen LogP contribution in [0.5, 0.6) is 0 Å². The van der Waals surface area contributed by atoms with E-state index in [1.54, 1.807) is 0 Å². The Kier molecular flexibility index (Phi) is 6.11. The Balaban J connectivity index is 1.86. The monoisotopic (exact) mass is 269 g/mol. The highest BCUT2D eigenvalue weighted by Gasteiger charge is 2.32. The molecule has 3 unspecified atom stereocenters. The number of hydrogen-bond acceptors (Lipinski definition) is 3. The smallest absolute Gasteiger partial charge is 0.0580 e. The average molecular weight is 269 g/mol. The lowest BCUT2D eigenvalue weighted by Gasteiger charge is -2.42. The zero-order chi connectivity index (χ0) is 13.7. The zero-order valence-corrected chi connectivity index (χ0v) is 12.4. The Morgan fingerprint density at radius 2 is 1.95 bits per heavy atom. The van der Waals surface area contributed by atoms with Crippen molar-refractivity contribution >= 4 is 0 Å². The highest BCUT2D eigenvalue weighted by molar-refractivity contribution is 4.86. The summed E-state index contributed by atoms with van der Waals surface area (Å²) in [6, 6.07) is 0.723. The third-order valence-corrected chi connectivity index (χ3v) is 5.29. The summed E-state index contributed by atoms with van der Waals surface area (Å²) in [6.45, 7) is 4.60. The summed E-state index contributed by atoms with van der Waals surface area (Å²) in [5.41, 5.74) is 0. The molecule has 3 atom stereocenters. The molecular formula is C16H31NO2. The maximum atomic E-state index is 10.3. The second kappa shape index (κ2) is 7.61. The van der Waals surface area contributed by atoms with Gasteiger partial charge in [-0.1, -0.05) is 19.8 Å². The summed E-state index contributed by atoms with van der Waals surface area (Å²) in [5.74, 6) is 1.27. The number of nitrogens with zero attached hydrogens (tertiary/aromatic N) is 1. The van der Waals surface area contributed by atoms with Crippen molar-refractivity contribution in [2.75, 3.05) is 19.7 Å². The van der Waals surface area contributed by atoms with Gasteiger partial charge in [0.2, 0.25) is 0 Å². The van der Waals surface area contributed by atoms with Crippen LogP contribution in [0.1, 0.15) is 58.3 Å². The fraction of sp³-hybridized carbons (Fsp3) is 1.00. The molecule has 0 radical (unpaired) electrons. The van der Waals surface area contributed by atoms with Gasteiger partial charge in [-0.05, 0) is 50.4 Å². The van der Waals surface area contributed by atoms with Gasteiger partial charge >= 0.3 is 0 Å². The predicted octanol–water partition coefficient (Wildman–Crippen LogP) is 2.41. The first-order valence-electron chi connectivity index (χ1n) is 8.27. The van der Waals surface area contributed by atoms with Gasteiger partial charge in [0.05, 0.1) is 6.10 Å². The number of hydrogen-bond donors (Lipinski definition) is 2. The van der Waals surface area contributed by atoms with E-state index < -0.39 is 0 Å². The second-order valence-corrected chi connectivity index (χ2v) is 6.57. The van der Waals surface area contributed by atoms with E-state index in [0.717, 1.165) is 37.9 Å². The Morgan fingerprint density at radius 3 is 2.53 bits per heavy atom. The van der Waals surface area contributed by atoms with E-state index in [1.165, 1.54) is 38.5 Å². The number of aliphatic hydroxyl groups is 2. The lowest BCUT2D eigenvalue weighted by Crippen LogP contribution is -2.46. The van der Waals surface area contributed by atoms with Gasteiger partial charge in [0.15, 0.2) is 0 Å². The summed E-state index contributed by atoms with van der Waals surface area (Å²) < 4.78 is 0. The fourth-order valence-electron chi connectivity index (χ4n) is 3.66. The van der Waals surface area contributed by atoms with Gasteiger partial charge in [0.25, 0.3) is 0 Å². The minimum atomic E-state index is -0.0977. The van der Waals surface area contributed by atoms with E-state index >= 15 is 0 Å². The van der Waals surface area contributed by atoms with Gasteiger partial charge in [0.1, 0.15) is 0 Å². The van der Waals surface area contributed by atoms with Crippen LogP contribution in [0.15, 0.2) is 0 Å². The largest absolute Gasteiger partial charge is 0.396 e. The molecule has 19 heavy (non-hydrogen) atoms. The fourth-order valence-corrected chi connectivity index (χ4v) is 3.66. The molecule has 0 saturated heterocycles. The summed E-state index contributed by atoms with van der Waals surface area (Å²) in [4.78, 5) is 2.55. The van der Waals surface area contributed by atoms with Crippen molar-refractivity contribution in [1.29, 1.82) is 0 Å². The predicted molar refractivity (Wildman–Crippen MR) is 78.0 cm³/mol. The van der Waals surface area contributed by atoms with Crippen molar-refractivity contribution in [2.24, 2.45) is 11.8 Å². The average Bonchev–Trinajstić information content (AvgIpc) is 2.36. The summed E-state index contributed by atoms with van der Waals surface area (Å²) >= 11 is 0. The number of aliphatic hydroxyl groups excluding tert-OH is 2. The molecule has 2 N–H and O–H groups in total. The van der Waals surface area contributed by atoms with Crippen LogP contribution in [0.2, 0.25) is 0 Å². The van der Waals surface area contributed by atoms with Crippen LogP contribution < -0.4 is 0 Å². The molecule has 0 amide bonds. The maximum Gasteiger partial charge on any atom is 0.0580 e. The Bertz CT molecular complexity index is 253. The molecule has 0 aromatic rings. The molecular weight excluding hydrogens is 238 g/mol. The third-order valence-electron chi connectivity index (χ3n) is 5.29. The van der Waals surface area contributed by atoms with Gasteiger partial charge in [-0.2, -0.15) is 0 Å². The molecule has 3 heteroatoms. The Morgan fingerprint density at radius 1 is 1.16 bits per heavy atom. The molecule has 2 rings (SSSR count). The maximum absolute atomic E-state index is 10.3. The summed E-state index contributed by atoms with van der Waals surface area (Å²) in [7, 11) is 0. The van der Waals surface area contributed by atoms with Crippen LogP contribution in [-0.4, -0.2) is 47.0 Å². The standard InChI is InChI=1S/C16H31NO2/c1-2-13-7-8-16(19)14(11-13)12-17(9-4-10-18)15-5-3-6-15/h13-16,18-19H,2-12H2,1H3. The van der Waals surface area contributed by atoms with Crippen LogP contribution in [0.25, 0.3) is 0 Å². The first kappa shape index (κ1) is 15.3. The van der Waals surface area contributed by atoms with E-state index in [9.17, 15) is 5.11 Å². The molecule has 2 fully saturated rings. The molecule has 2 saturated carbocycles. The Labute approximate surface area is 118 Å². The minimum absolute atomic E-state index is 0.0977. The van der Waals surface area contributed by atoms with Crippen molar-refractivity contribution in [3.05, 3.63) is 0 Å². The third kappa shape index (κ3) is 4.17. The van der Waals surface area contributed by atoms with Crippen molar-refractivity contribution in [3.8, 4) is 0 Å². The molecule has 0 spiro atoms. The van der Waals surface area contributed by atoms with E-state index in [4.69, 9.17) is 5.11 Å². The molecule has 0 aromatic heterocycles. The molecule has 0 heterocycles. The topological polar surface area (TPSA) is 43.7 Å². The SMILES string of the molecule is CCC1CCC(O)C(CN(CCCO)C2CCC2)C1. The van der Waals surface area contributed by atoms with Crippen LogP contribution in [0.4, 0.5) is 0 Å². The van der Waals surface area contributed by atoms with Gasteiger partial charge in [0, 0.05) is 25.7 Å². The van der Waals surface area contributed by atoms with Crippen LogP contribution in [0.3, 0.4) is 0 Å². The van der Waals surface area contributed by atoms with Crippen LogP contribution in [0, 0.1) is 11.8 Å². The molecule has 112 valence electrons. The summed E-state index contributed by atoms with van der Waals surface area (Å²) in [6.07, 6.45) is 9.39. The first-order valence-corrected chi connectivity index (χ1v) is 8.27.